The van der Waals surface area contributed by atoms with Crippen molar-refractivity contribution >= 4 is 0 Å². The molecule has 0 spiro atoms. The second kappa shape index (κ2) is 8.84. The van der Waals surface area contributed by atoms with Gasteiger partial charge in [0, 0.05) is 13.1 Å². The van der Waals surface area contributed by atoms with Crippen molar-refractivity contribution in [3.8, 4) is 0 Å². The van der Waals surface area contributed by atoms with Gasteiger partial charge in [-0.15, -0.1) is 0 Å². The van der Waals surface area contributed by atoms with Crippen LogP contribution in [0.3, 0.4) is 0 Å². The highest BCUT2D eigenvalue weighted by atomic mass is 16.5. The molecule has 0 aliphatic carbocycles. The van der Waals surface area contributed by atoms with Crippen molar-refractivity contribution in [3.05, 3.63) is 0 Å². The summed E-state index contributed by atoms with van der Waals surface area (Å²) in [6.07, 6.45) is 0. The van der Waals surface area contributed by atoms with Crippen LogP contribution in [-0.2, 0) is 4.74 Å². The summed E-state index contributed by atoms with van der Waals surface area (Å²) < 4.78 is 4.98. The molecule has 0 atom stereocenters. The third-order valence-corrected chi connectivity index (χ3v) is 0.909. The molecule has 10 heavy (non-hydrogen) atoms. The number of ether oxygens (including phenoxy) is 1. The SMILES string of the molecule is CCNNCCOCCO. The van der Waals surface area contributed by atoms with Crippen LogP contribution in [0.25, 0.3) is 0 Å². The van der Waals surface area contributed by atoms with E-state index < -0.39 is 0 Å². The molecule has 0 aliphatic rings. The second-order valence-electron chi connectivity index (χ2n) is 1.79. The molecule has 0 saturated carbocycles. The first-order valence-corrected chi connectivity index (χ1v) is 3.56. The molecule has 0 fully saturated rings. The zero-order chi connectivity index (χ0) is 7.66. The van der Waals surface area contributed by atoms with Crippen molar-refractivity contribution in [1.29, 1.82) is 0 Å². The monoisotopic (exact) mass is 148 g/mol. The lowest BCUT2D eigenvalue weighted by Gasteiger charge is -2.03. The highest BCUT2D eigenvalue weighted by Gasteiger charge is 1.84. The van der Waals surface area contributed by atoms with E-state index in [2.05, 4.69) is 10.9 Å². The zero-order valence-electron chi connectivity index (χ0n) is 6.39. The van der Waals surface area contributed by atoms with Crippen LogP contribution in [0, 0.1) is 0 Å². The van der Waals surface area contributed by atoms with Gasteiger partial charge in [0.2, 0.25) is 0 Å². The summed E-state index contributed by atoms with van der Waals surface area (Å²) in [5.74, 6) is 0. The molecule has 4 heteroatoms. The number of hydrazine groups is 1. The molecule has 0 unspecified atom stereocenters. The van der Waals surface area contributed by atoms with E-state index in [0.29, 0.717) is 13.2 Å². The molecule has 0 aromatic carbocycles. The first-order chi connectivity index (χ1) is 4.91. The Morgan fingerprint density at radius 1 is 1.30 bits per heavy atom. The summed E-state index contributed by atoms with van der Waals surface area (Å²) in [5.41, 5.74) is 5.87. The Kier molecular flexibility index (Phi) is 8.70. The van der Waals surface area contributed by atoms with Gasteiger partial charge in [-0.05, 0) is 0 Å². The summed E-state index contributed by atoms with van der Waals surface area (Å²) in [4.78, 5) is 0. The molecule has 0 rings (SSSR count). The van der Waals surface area contributed by atoms with Crippen LogP contribution >= 0.6 is 0 Å². The van der Waals surface area contributed by atoms with Gasteiger partial charge in [0.25, 0.3) is 0 Å². The van der Waals surface area contributed by atoms with Crippen LogP contribution in [0.15, 0.2) is 0 Å². The maximum Gasteiger partial charge on any atom is 0.0698 e. The van der Waals surface area contributed by atoms with E-state index in [4.69, 9.17) is 9.84 Å². The topological polar surface area (TPSA) is 53.5 Å². The lowest BCUT2D eigenvalue weighted by molar-refractivity contribution is 0.0924. The Balaban J connectivity index is 2.65. The maximum atomic E-state index is 8.31. The largest absolute Gasteiger partial charge is 0.394 e. The first kappa shape index (κ1) is 9.84. The Morgan fingerprint density at radius 2 is 2.10 bits per heavy atom. The molecule has 4 nitrogen and oxygen atoms in total. The fourth-order valence-corrected chi connectivity index (χ4v) is 0.503. The Bertz CT molecular complexity index is 53.7. The van der Waals surface area contributed by atoms with Gasteiger partial charge in [0.15, 0.2) is 0 Å². The van der Waals surface area contributed by atoms with Crippen LogP contribution in [0.2, 0.25) is 0 Å². The minimum atomic E-state index is 0.0984. The minimum Gasteiger partial charge on any atom is -0.394 e. The van der Waals surface area contributed by atoms with Gasteiger partial charge in [0.1, 0.15) is 0 Å². The van der Waals surface area contributed by atoms with Crippen LogP contribution in [0.1, 0.15) is 6.92 Å². The van der Waals surface area contributed by atoms with Gasteiger partial charge in [0.05, 0.1) is 19.8 Å². The number of rotatable bonds is 7. The van der Waals surface area contributed by atoms with Gasteiger partial charge in [-0.1, -0.05) is 6.92 Å². The van der Waals surface area contributed by atoms with Crippen molar-refractivity contribution < 1.29 is 9.84 Å². The molecule has 62 valence electrons. The van der Waals surface area contributed by atoms with Crippen molar-refractivity contribution in [3.63, 3.8) is 0 Å². The average Bonchev–Trinajstić information content (AvgIpc) is 1.97. The minimum absolute atomic E-state index is 0.0984. The van der Waals surface area contributed by atoms with Gasteiger partial charge >= 0.3 is 0 Å². The standard InChI is InChI=1S/C6H16N2O2/c1-2-7-8-3-5-10-6-4-9/h7-9H,2-6H2,1H3. The predicted octanol–water partition coefficient (Wildman–Crippen LogP) is -0.891. The van der Waals surface area contributed by atoms with Gasteiger partial charge in [-0.2, -0.15) is 0 Å². The Morgan fingerprint density at radius 3 is 2.70 bits per heavy atom. The summed E-state index contributed by atoms with van der Waals surface area (Å²) in [6.45, 7) is 4.85. The van der Waals surface area contributed by atoms with Gasteiger partial charge in [-0.25, -0.2) is 0 Å². The van der Waals surface area contributed by atoms with Gasteiger partial charge in [-0.3, -0.25) is 10.9 Å². The van der Waals surface area contributed by atoms with E-state index in [1.54, 1.807) is 0 Å². The fourth-order valence-electron chi connectivity index (χ4n) is 0.503. The highest BCUT2D eigenvalue weighted by molar-refractivity contribution is 4.36. The third-order valence-electron chi connectivity index (χ3n) is 0.909. The van der Waals surface area contributed by atoms with E-state index in [-0.39, 0.29) is 6.61 Å². The van der Waals surface area contributed by atoms with Crippen LogP contribution < -0.4 is 10.9 Å². The van der Waals surface area contributed by atoms with Crippen molar-refractivity contribution in [1.82, 2.24) is 10.9 Å². The van der Waals surface area contributed by atoms with Crippen LogP contribution in [-0.4, -0.2) is 38.0 Å². The second-order valence-corrected chi connectivity index (χ2v) is 1.79. The number of nitrogens with one attached hydrogen (secondary N) is 2. The van der Waals surface area contributed by atoms with Crippen molar-refractivity contribution in [2.75, 3.05) is 32.9 Å². The summed E-state index contributed by atoms with van der Waals surface area (Å²) in [7, 11) is 0. The summed E-state index contributed by atoms with van der Waals surface area (Å²) in [5, 5.41) is 8.31. The predicted molar refractivity (Wildman–Crippen MR) is 39.6 cm³/mol. The molecule has 0 radical (unpaired) electrons. The van der Waals surface area contributed by atoms with Crippen LogP contribution in [0.5, 0.6) is 0 Å². The molecular weight excluding hydrogens is 132 g/mol. The van der Waals surface area contributed by atoms with E-state index in [1.165, 1.54) is 0 Å². The molecule has 0 bridgehead atoms. The Labute approximate surface area is 61.5 Å². The van der Waals surface area contributed by atoms with Gasteiger partial charge < -0.3 is 9.84 Å². The molecule has 3 N–H and O–H groups in total. The number of hydrogen-bond donors (Lipinski definition) is 3. The number of aliphatic hydroxyl groups is 1. The molecule has 0 aromatic rings. The summed E-state index contributed by atoms with van der Waals surface area (Å²) in [6, 6.07) is 0. The smallest absolute Gasteiger partial charge is 0.0698 e. The van der Waals surface area contributed by atoms with Crippen LogP contribution in [0.4, 0.5) is 0 Å². The number of aliphatic hydroxyl groups excluding tert-OH is 1. The average molecular weight is 148 g/mol. The van der Waals surface area contributed by atoms with E-state index in [9.17, 15) is 0 Å². The molecule has 0 aliphatic heterocycles. The fraction of sp³-hybridized carbons (Fsp3) is 1.00. The first-order valence-electron chi connectivity index (χ1n) is 3.56. The maximum absolute atomic E-state index is 8.31. The molecule has 0 amide bonds. The number of hydrogen-bond acceptors (Lipinski definition) is 4. The third kappa shape index (κ3) is 7.84. The Hall–Kier alpha value is -0.160. The van der Waals surface area contributed by atoms with Crippen molar-refractivity contribution in [2.45, 2.75) is 6.92 Å². The molecular formula is C6H16N2O2. The molecule has 0 heterocycles. The van der Waals surface area contributed by atoms with E-state index in [1.807, 2.05) is 6.92 Å². The quantitative estimate of drug-likeness (QED) is 0.324. The molecule has 0 saturated heterocycles. The van der Waals surface area contributed by atoms with E-state index >= 15 is 0 Å². The van der Waals surface area contributed by atoms with E-state index in [0.717, 1.165) is 13.1 Å². The van der Waals surface area contributed by atoms with Crippen molar-refractivity contribution in [2.24, 2.45) is 0 Å². The molecule has 0 aromatic heterocycles. The normalized spacial score (nSPS) is 10.2. The zero-order valence-corrected chi connectivity index (χ0v) is 6.39. The lowest BCUT2D eigenvalue weighted by atomic mass is 10.7. The highest BCUT2D eigenvalue weighted by Crippen LogP contribution is 1.69. The lowest BCUT2D eigenvalue weighted by Crippen LogP contribution is -2.34. The summed E-state index contributed by atoms with van der Waals surface area (Å²) >= 11 is 0.